The van der Waals surface area contributed by atoms with Crippen molar-refractivity contribution in [3.63, 3.8) is 0 Å². The molecule has 3 N–H and O–H groups in total. The third-order valence-electron chi connectivity index (χ3n) is 2.47. The van der Waals surface area contributed by atoms with E-state index in [1.54, 1.807) is 29.1 Å². The van der Waals surface area contributed by atoms with E-state index in [0.717, 1.165) is 0 Å². The summed E-state index contributed by atoms with van der Waals surface area (Å²) >= 11 is 6.05. The van der Waals surface area contributed by atoms with Crippen LogP contribution in [0.1, 0.15) is 5.56 Å². The van der Waals surface area contributed by atoms with E-state index in [-0.39, 0.29) is 5.84 Å². The lowest BCUT2D eigenvalue weighted by molar-refractivity contribution is 0.291. The number of halogens is 1. The Hall–Kier alpha value is -2.21. The quantitative estimate of drug-likeness (QED) is 0.378. The average molecular weight is 281 g/mol. The molecule has 0 radical (unpaired) electrons. The molecular formula is C12H13ClN4O2. The Bertz CT molecular complexity index is 569. The molecule has 100 valence electrons. The molecule has 1 aromatic heterocycles. The number of rotatable bonds is 5. The molecule has 0 aliphatic carbocycles. The van der Waals surface area contributed by atoms with E-state index in [2.05, 4.69) is 10.3 Å². The highest BCUT2D eigenvalue weighted by atomic mass is 35.5. The summed E-state index contributed by atoms with van der Waals surface area (Å²) in [6.07, 6.45) is 3.56. The predicted molar refractivity (Wildman–Crippen MR) is 71.7 cm³/mol. The zero-order chi connectivity index (χ0) is 13.7. The lowest BCUT2D eigenvalue weighted by atomic mass is 10.2. The van der Waals surface area contributed by atoms with Crippen molar-refractivity contribution in [2.75, 3.05) is 6.61 Å². The van der Waals surface area contributed by atoms with Gasteiger partial charge in [0.1, 0.15) is 12.4 Å². The summed E-state index contributed by atoms with van der Waals surface area (Å²) in [6.45, 7) is 1.08. The molecule has 1 heterocycles. The van der Waals surface area contributed by atoms with Crippen molar-refractivity contribution >= 4 is 17.4 Å². The molecule has 0 saturated heterocycles. The number of amidine groups is 1. The maximum absolute atomic E-state index is 8.57. The van der Waals surface area contributed by atoms with E-state index in [4.69, 9.17) is 27.3 Å². The van der Waals surface area contributed by atoms with E-state index < -0.39 is 0 Å². The molecule has 0 fully saturated rings. The highest BCUT2D eigenvalue weighted by Gasteiger charge is 2.06. The van der Waals surface area contributed by atoms with Gasteiger partial charge < -0.3 is 15.7 Å². The lowest BCUT2D eigenvalue weighted by Crippen LogP contribution is -2.13. The minimum absolute atomic E-state index is 0.00462. The van der Waals surface area contributed by atoms with Crippen molar-refractivity contribution in [1.29, 1.82) is 0 Å². The molecule has 1 aromatic carbocycles. The molecule has 0 amide bonds. The van der Waals surface area contributed by atoms with Crippen LogP contribution in [0.2, 0.25) is 5.02 Å². The number of benzene rings is 1. The Kier molecular flexibility index (Phi) is 4.25. The lowest BCUT2D eigenvalue weighted by Gasteiger charge is -2.09. The van der Waals surface area contributed by atoms with E-state index >= 15 is 0 Å². The van der Waals surface area contributed by atoms with Gasteiger partial charge in [-0.15, -0.1) is 0 Å². The Morgan fingerprint density at radius 1 is 1.53 bits per heavy atom. The summed E-state index contributed by atoms with van der Waals surface area (Å²) in [4.78, 5) is 0. The molecule has 2 aromatic rings. The normalized spacial score (nSPS) is 11.5. The first-order chi connectivity index (χ1) is 9.20. The fourth-order valence-electron chi connectivity index (χ4n) is 1.52. The summed E-state index contributed by atoms with van der Waals surface area (Å²) in [7, 11) is 0. The van der Waals surface area contributed by atoms with Gasteiger partial charge in [0.2, 0.25) is 0 Å². The summed E-state index contributed by atoms with van der Waals surface area (Å²) < 4.78 is 7.31. The summed E-state index contributed by atoms with van der Waals surface area (Å²) in [5.41, 5.74) is 6.00. The number of nitrogens with two attached hydrogens (primary N) is 1. The van der Waals surface area contributed by atoms with E-state index in [0.29, 0.717) is 29.5 Å². The van der Waals surface area contributed by atoms with E-state index in [1.807, 2.05) is 12.3 Å². The second kappa shape index (κ2) is 6.10. The van der Waals surface area contributed by atoms with Crippen LogP contribution in [0.25, 0.3) is 0 Å². The average Bonchev–Trinajstić information content (AvgIpc) is 2.93. The Morgan fingerprint density at radius 2 is 2.37 bits per heavy atom. The van der Waals surface area contributed by atoms with Crippen molar-refractivity contribution in [3.05, 3.63) is 47.2 Å². The van der Waals surface area contributed by atoms with Gasteiger partial charge in [0.25, 0.3) is 0 Å². The first-order valence-corrected chi connectivity index (χ1v) is 5.96. The molecule has 0 saturated carbocycles. The van der Waals surface area contributed by atoms with Gasteiger partial charge in [-0.25, -0.2) is 0 Å². The van der Waals surface area contributed by atoms with Gasteiger partial charge in [-0.05, 0) is 24.3 Å². The molecule has 6 nitrogen and oxygen atoms in total. The third kappa shape index (κ3) is 3.38. The molecule has 0 bridgehead atoms. The summed E-state index contributed by atoms with van der Waals surface area (Å²) in [5.74, 6) is 0.549. The minimum atomic E-state index is 0.00462. The van der Waals surface area contributed by atoms with Crippen LogP contribution in [0.4, 0.5) is 0 Å². The molecule has 0 unspecified atom stereocenters. The molecule has 2 rings (SSSR count). The first-order valence-electron chi connectivity index (χ1n) is 5.58. The van der Waals surface area contributed by atoms with Crippen LogP contribution in [-0.4, -0.2) is 27.4 Å². The largest absolute Gasteiger partial charge is 0.490 e. The van der Waals surface area contributed by atoms with Gasteiger partial charge >= 0.3 is 0 Å². The number of nitrogens with zero attached hydrogens (tertiary/aromatic N) is 3. The van der Waals surface area contributed by atoms with Crippen LogP contribution >= 0.6 is 11.6 Å². The third-order valence-corrected chi connectivity index (χ3v) is 2.77. The smallest absolute Gasteiger partial charge is 0.170 e. The second-order valence-corrected chi connectivity index (χ2v) is 4.16. The monoisotopic (exact) mass is 280 g/mol. The van der Waals surface area contributed by atoms with Crippen LogP contribution in [0, 0.1) is 0 Å². The van der Waals surface area contributed by atoms with Crippen LogP contribution in [0.5, 0.6) is 5.75 Å². The molecule has 0 aliphatic heterocycles. The van der Waals surface area contributed by atoms with Gasteiger partial charge in [-0.3, -0.25) is 4.68 Å². The van der Waals surface area contributed by atoms with E-state index in [9.17, 15) is 0 Å². The maximum atomic E-state index is 8.57. The Labute approximate surface area is 115 Å². The summed E-state index contributed by atoms with van der Waals surface area (Å²) in [6, 6.07) is 6.78. The van der Waals surface area contributed by atoms with Crippen LogP contribution in [0.3, 0.4) is 0 Å². The van der Waals surface area contributed by atoms with Crippen LogP contribution in [0.15, 0.2) is 41.8 Å². The summed E-state index contributed by atoms with van der Waals surface area (Å²) in [5, 5.41) is 16.0. The van der Waals surface area contributed by atoms with Crippen molar-refractivity contribution in [3.8, 4) is 5.75 Å². The van der Waals surface area contributed by atoms with Gasteiger partial charge in [-0.2, -0.15) is 5.10 Å². The second-order valence-electron chi connectivity index (χ2n) is 3.75. The molecule has 19 heavy (non-hydrogen) atoms. The van der Waals surface area contributed by atoms with Gasteiger partial charge in [0.15, 0.2) is 5.84 Å². The fourth-order valence-corrected chi connectivity index (χ4v) is 1.75. The number of hydrogen-bond donors (Lipinski definition) is 2. The zero-order valence-corrected chi connectivity index (χ0v) is 10.8. The molecule has 0 spiro atoms. The highest BCUT2D eigenvalue weighted by Crippen LogP contribution is 2.25. The first kappa shape index (κ1) is 13.2. The van der Waals surface area contributed by atoms with Crippen LogP contribution < -0.4 is 10.5 Å². The van der Waals surface area contributed by atoms with Crippen molar-refractivity contribution < 1.29 is 9.94 Å². The Balaban J connectivity index is 1.97. The standard InChI is InChI=1S/C12H13ClN4O2/c13-10-8-9(12(14)16-18)2-3-11(10)19-7-6-17-5-1-4-15-17/h1-5,8,18H,6-7H2,(H2,14,16). The van der Waals surface area contributed by atoms with Crippen molar-refractivity contribution in [2.45, 2.75) is 6.54 Å². The zero-order valence-electron chi connectivity index (χ0n) is 10.0. The van der Waals surface area contributed by atoms with E-state index in [1.165, 1.54) is 0 Å². The molecule has 7 heteroatoms. The number of hydrogen-bond acceptors (Lipinski definition) is 4. The maximum Gasteiger partial charge on any atom is 0.170 e. The fraction of sp³-hybridized carbons (Fsp3) is 0.167. The minimum Gasteiger partial charge on any atom is -0.490 e. The van der Waals surface area contributed by atoms with Crippen molar-refractivity contribution in [2.24, 2.45) is 10.9 Å². The Morgan fingerprint density at radius 3 is 3.00 bits per heavy atom. The number of ether oxygens (including phenoxy) is 1. The molecule has 0 atom stereocenters. The van der Waals surface area contributed by atoms with Gasteiger partial charge in [-0.1, -0.05) is 16.8 Å². The van der Waals surface area contributed by atoms with Gasteiger partial charge in [0, 0.05) is 18.0 Å². The van der Waals surface area contributed by atoms with Gasteiger partial charge in [0.05, 0.1) is 11.6 Å². The van der Waals surface area contributed by atoms with Crippen LogP contribution in [-0.2, 0) is 6.54 Å². The highest BCUT2D eigenvalue weighted by molar-refractivity contribution is 6.32. The molecule has 0 aliphatic rings. The SMILES string of the molecule is N/C(=N/O)c1ccc(OCCn2cccn2)c(Cl)c1. The predicted octanol–water partition coefficient (Wildman–Crippen LogP) is 1.71. The topological polar surface area (TPSA) is 85.7 Å². The van der Waals surface area contributed by atoms with Crippen molar-refractivity contribution in [1.82, 2.24) is 9.78 Å². The molecular weight excluding hydrogens is 268 g/mol. The number of aromatic nitrogens is 2. The number of oxime groups is 1.